The molecule has 0 radical (unpaired) electrons. The fourth-order valence-corrected chi connectivity index (χ4v) is 3.05. The number of nitrogens with zero attached hydrogens (tertiary/aromatic N) is 1. The van der Waals surface area contributed by atoms with E-state index in [0.29, 0.717) is 6.07 Å². The van der Waals surface area contributed by atoms with Gasteiger partial charge in [0.25, 0.3) is 0 Å². The Labute approximate surface area is 122 Å². The average Bonchev–Trinajstić information content (AvgIpc) is 2.39. The van der Waals surface area contributed by atoms with Gasteiger partial charge in [-0.05, 0) is 31.4 Å². The fourth-order valence-electron chi connectivity index (χ4n) is 1.59. The van der Waals surface area contributed by atoms with E-state index in [-0.39, 0.29) is 23.0 Å². The zero-order valence-electron chi connectivity index (χ0n) is 11.8. The molecule has 21 heavy (non-hydrogen) atoms. The zero-order chi connectivity index (χ0) is 16.4. The van der Waals surface area contributed by atoms with Crippen LogP contribution >= 0.6 is 0 Å². The smallest absolute Gasteiger partial charge is 0.306 e. The maximum absolute atomic E-state index is 13.6. The molecule has 0 aliphatic heterocycles. The van der Waals surface area contributed by atoms with E-state index in [1.54, 1.807) is 13.8 Å². The molecule has 1 aromatic carbocycles. The predicted octanol–water partition coefficient (Wildman–Crippen LogP) is 1.34. The molecule has 0 saturated heterocycles. The molecular formula is C12H17FN2O5S. The van der Waals surface area contributed by atoms with Crippen molar-refractivity contribution in [2.24, 2.45) is 5.92 Å². The van der Waals surface area contributed by atoms with E-state index < -0.39 is 32.5 Å². The normalized spacial score (nSPS) is 14.7. The topological polar surface area (TPSA) is 110 Å². The van der Waals surface area contributed by atoms with Crippen LogP contribution in [0.15, 0.2) is 17.0 Å². The van der Waals surface area contributed by atoms with Gasteiger partial charge in [0.05, 0.1) is 9.82 Å². The average molecular weight is 320 g/mol. The van der Waals surface area contributed by atoms with Gasteiger partial charge in [0.2, 0.25) is 15.8 Å². The van der Waals surface area contributed by atoms with Crippen molar-refractivity contribution >= 4 is 15.7 Å². The first-order valence-electron chi connectivity index (χ1n) is 6.18. The minimum absolute atomic E-state index is 0.132. The number of rotatable bonds is 6. The summed E-state index contributed by atoms with van der Waals surface area (Å²) in [7, 11) is -4.04. The number of hydrogen-bond acceptors (Lipinski definition) is 5. The molecule has 0 aromatic heterocycles. The lowest BCUT2D eigenvalue weighted by molar-refractivity contribution is -0.387. The van der Waals surface area contributed by atoms with Crippen LogP contribution in [0.3, 0.4) is 0 Å². The van der Waals surface area contributed by atoms with Gasteiger partial charge < -0.3 is 5.11 Å². The van der Waals surface area contributed by atoms with Crippen LogP contribution in [0.25, 0.3) is 0 Å². The Balaban J connectivity index is 3.24. The molecule has 1 aromatic rings. The Hall–Kier alpha value is -1.58. The van der Waals surface area contributed by atoms with E-state index in [2.05, 4.69) is 4.72 Å². The van der Waals surface area contributed by atoms with Crippen LogP contribution in [-0.2, 0) is 10.0 Å². The van der Waals surface area contributed by atoms with Crippen LogP contribution in [0.2, 0.25) is 0 Å². The van der Waals surface area contributed by atoms with E-state index >= 15 is 0 Å². The Morgan fingerprint density at radius 3 is 2.48 bits per heavy atom. The fraction of sp³-hybridized carbons (Fsp3) is 0.500. The summed E-state index contributed by atoms with van der Waals surface area (Å²) < 4.78 is 40.2. The minimum Gasteiger partial charge on any atom is -0.396 e. The molecule has 0 saturated carbocycles. The molecule has 2 N–H and O–H groups in total. The first-order valence-corrected chi connectivity index (χ1v) is 7.66. The van der Waals surface area contributed by atoms with Gasteiger partial charge in [0.1, 0.15) is 0 Å². The zero-order valence-corrected chi connectivity index (χ0v) is 12.6. The highest BCUT2D eigenvalue weighted by molar-refractivity contribution is 7.89. The van der Waals surface area contributed by atoms with Gasteiger partial charge in [-0.15, -0.1) is 0 Å². The number of nitrogens with one attached hydrogen (secondary N) is 1. The predicted molar refractivity (Wildman–Crippen MR) is 73.8 cm³/mol. The van der Waals surface area contributed by atoms with E-state index in [1.807, 2.05) is 0 Å². The molecule has 118 valence electrons. The third kappa shape index (κ3) is 3.96. The highest BCUT2D eigenvalue weighted by Crippen LogP contribution is 2.25. The van der Waals surface area contributed by atoms with E-state index in [0.717, 1.165) is 6.07 Å². The van der Waals surface area contributed by atoms with Crippen LogP contribution in [-0.4, -0.2) is 31.1 Å². The molecule has 0 aliphatic carbocycles. The molecule has 0 aliphatic rings. The van der Waals surface area contributed by atoms with Gasteiger partial charge in [-0.1, -0.05) is 6.92 Å². The highest BCUT2D eigenvalue weighted by Gasteiger charge is 2.26. The van der Waals surface area contributed by atoms with Crippen LogP contribution in [0, 0.1) is 28.8 Å². The van der Waals surface area contributed by atoms with E-state index in [9.17, 15) is 22.9 Å². The second-order valence-corrected chi connectivity index (χ2v) is 6.61. The Morgan fingerprint density at radius 2 is 2.00 bits per heavy atom. The molecule has 2 unspecified atom stereocenters. The number of halogens is 1. The molecule has 2 atom stereocenters. The number of aliphatic hydroxyl groups is 1. The lowest BCUT2D eigenvalue weighted by atomic mass is 10.1. The van der Waals surface area contributed by atoms with Gasteiger partial charge in [-0.3, -0.25) is 10.1 Å². The third-order valence-electron chi connectivity index (χ3n) is 3.20. The summed E-state index contributed by atoms with van der Waals surface area (Å²) in [6.07, 6.45) is 0. The summed E-state index contributed by atoms with van der Waals surface area (Å²) in [5.41, 5.74) is -1.02. The molecule has 9 heteroatoms. The highest BCUT2D eigenvalue weighted by atomic mass is 32.2. The van der Waals surface area contributed by atoms with Crippen molar-refractivity contribution in [3.63, 3.8) is 0 Å². The summed E-state index contributed by atoms with van der Waals surface area (Å²) in [6.45, 7) is 4.24. The number of benzene rings is 1. The molecular weight excluding hydrogens is 303 g/mol. The number of hydrogen-bond donors (Lipinski definition) is 2. The van der Waals surface area contributed by atoms with Gasteiger partial charge >= 0.3 is 5.69 Å². The molecule has 7 nitrogen and oxygen atoms in total. The lowest BCUT2D eigenvalue weighted by Gasteiger charge is -2.19. The van der Waals surface area contributed by atoms with Crippen LogP contribution < -0.4 is 4.72 Å². The van der Waals surface area contributed by atoms with Gasteiger partial charge in [-0.25, -0.2) is 13.1 Å². The summed E-state index contributed by atoms with van der Waals surface area (Å²) >= 11 is 0. The van der Waals surface area contributed by atoms with Crippen LogP contribution in [0.4, 0.5) is 10.1 Å². The SMILES string of the molecule is Cc1cc(S(=O)(=O)NC(C)C(C)CO)cc([N+](=O)[O-])c1F. The van der Waals surface area contributed by atoms with Crippen molar-refractivity contribution in [3.05, 3.63) is 33.6 Å². The van der Waals surface area contributed by atoms with Crippen LogP contribution in [0.1, 0.15) is 19.4 Å². The molecule has 0 fully saturated rings. The van der Waals surface area contributed by atoms with E-state index in [1.165, 1.54) is 6.92 Å². The Kier molecular flexibility index (Phi) is 5.37. The van der Waals surface area contributed by atoms with Crippen molar-refractivity contribution in [1.29, 1.82) is 0 Å². The molecule has 1 rings (SSSR count). The second kappa shape index (κ2) is 6.46. The van der Waals surface area contributed by atoms with Crippen molar-refractivity contribution in [1.82, 2.24) is 4.72 Å². The largest absolute Gasteiger partial charge is 0.396 e. The summed E-state index contributed by atoms with van der Waals surface area (Å²) in [4.78, 5) is 9.39. The van der Waals surface area contributed by atoms with Crippen molar-refractivity contribution in [2.75, 3.05) is 6.61 Å². The van der Waals surface area contributed by atoms with Crippen molar-refractivity contribution in [3.8, 4) is 0 Å². The number of nitro benzene ring substituents is 1. The first-order chi connectivity index (χ1) is 9.60. The second-order valence-electron chi connectivity index (χ2n) is 4.90. The quantitative estimate of drug-likeness (QED) is 0.607. The van der Waals surface area contributed by atoms with Gasteiger partial charge in [-0.2, -0.15) is 4.39 Å². The lowest BCUT2D eigenvalue weighted by Crippen LogP contribution is -2.38. The summed E-state index contributed by atoms with van der Waals surface area (Å²) in [6, 6.07) is 1.13. The maximum atomic E-state index is 13.6. The molecule has 0 spiro atoms. The summed E-state index contributed by atoms with van der Waals surface area (Å²) in [5.74, 6) is -1.40. The van der Waals surface area contributed by atoms with Crippen molar-refractivity contribution < 1.29 is 22.8 Å². The Morgan fingerprint density at radius 1 is 1.43 bits per heavy atom. The molecule has 0 heterocycles. The molecule has 0 bridgehead atoms. The minimum atomic E-state index is -4.04. The number of nitro groups is 1. The van der Waals surface area contributed by atoms with Crippen LogP contribution in [0.5, 0.6) is 0 Å². The van der Waals surface area contributed by atoms with Gasteiger partial charge in [0, 0.05) is 18.7 Å². The Bertz CT molecular complexity index is 647. The first kappa shape index (κ1) is 17.5. The van der Waals surface area contributed by atoms with Gasteiger partial charge in [0.15, 0.2) is 0 Å². The van der Waals surface area contributed by atoms with Crippen molar-refractivity contribution in [2.45, 2.75) is 31.7 Å². The van der Waals surface area contributed by atoms with E-state index in [4.69, 9.17) is 5.11 Å². The molecule has 0 amide bonds. The number of aliphatic hydroxyl groups excluding tert-OH is 1. The monoisotopic (exact) mass is 320 g/mol. The standard InChI is InChI=1S/C12H17FN2O5S/c1-7-4-10(5-11(12(7)13)15(17)18)21(19,20)14-9(3)8(2)6-16/h4-5,8-9,14,16H,6H2,1-3H3. The third-order valence-corrected chi connectivity index (χ3v) is 4.74. The number of aryl methyl sites for hydroxylation is 1. The summed E-state index contributed by atoms with van der Waals surface area (Å²) in [5, 5.41) is 19.7. The number of sulfonamides is 1. The maximum Gasteiger partial charge on any atom is 0.306 e.